The van der Waals surface area contributed by atoms with Gasteiger partial charge in [0, 0.05) is 12.3 Å². The molecule has 0 aliphatic rings. The SMILES string of the molecule is CCCOc1ccc(/C=C/C(=O)OC(C)C(=O)Nc2ncc(Cl)cc2Cl)cc1OCC. The van der Waals surface area contributed by atoms with Crippen LogP contribution >= 0.6 is 23.2 Å². The van der Waals surface area contributed by atoms with Crippen LogP contribution in [0.15, 0.2) is 36.5 Å². The highest BCUT2D eigenvalue weighted by atomic mass is 35.5. The Balaban J connectivity index is 1.97. The van der Waals surface area contributed by atoms with E-state index < -0.39 is 18.0 Å². The van der Waals surface area contributed by atoms with Gasteiger partial charge < -0.3 is 19.5 Å². The molecule has 1 aromatic carbocycles. The zero-order chi connectivity index (χ0) is 22.8. The first-order chi connectivity index (χ1) is 14.8. The number of benzene rings is 1. The van der Waals surface area contributed by atoms with Crippen LogP contribution in [0.5, 0.6) is 11.5 Å². The topological polar surface area (TPSA) is 86.8 Å². The van der Waals surface area contributed by atoms with Gasteiger partial charge in [0.15, 0.2) is 23.4 Å². The molecule has 1 atom stereocenters. The van der Waals surface area contributed by atoms with Gasteiger partial charge in [-0.2, -0.15) is 0 Å². The fraction of sp³-hybridized carbons (Fsp3) is 0.318. The van der Waals surface area contributed by atoms with E-state index in [0.29, 0.717) is 29.7 Å². The normalized spacial score (nSPS) is 11.8. The molecule has 166 valence electrons. The van der Waals surface area contributed by atoms with Crippen molar-refractivity contribution in [2.75, 3.05) is 18.5 Å². The Morgan fingerprint density at radius 3 is 2.61 bits per heavy atom. The van der Waals surface area contributed by atoms with Gasteiger partial charge >= 0.3 is 5.97 Å². The van der Waals surface area contributed by atoms with E-state index in [1.54, 1.807) is 24.3 Å². The van der Waals surface area contributed by atoms with Crippen molar-refractivity contribution >= 4 is 47.0 Å². The summed E-state index contributed by atoms with van der Waals surface area (Å²) in [5.41, 5.74) is 0.721. The maximum absolute atomic E-state index is 12.2. The molecular weight excluding hydrogens is 443 g/mol. The second kappa shape index (κ2) is 12.2. The Bertz CT molecular complexity index is 949. The number of anilines is 1. The van der Waals surface area contributed by atoms with Crippen LogP contribution in [-0.2, 0) is 14.3 Å². The summed E-state index contributed by atoms with van der Waals surface area (Å²) in [5.74, 6) is 0.106. The van der Waals surface area contributed by atoms with Crippen LogP contribution in [0.4, 0.5) is 5.82 Å². The van der Waals surface area contributed by atoms with E-state index in [9.17, 15) is 9.59 Å². The molecule has 2 rings (SSSR count). The molecule has 0 saturated heterocycles. The maximum Gasteiger partial charge on any atom is 0.331 e. The lowest BCUT2D eigenvalue weighted by Crippen LogP contribution is -2.29. The van der Waals surface area contributed by atoms with Crippen molar-refractivity contribution in [3.8, 4) is 11.5 Å². The summed E-state index contributed by atoms with van der Waals surface area (Å²) >= 11 is 11.8. The van der Waals surface area contributed by atoms with Gasteiger partial charge in [-0.25, -0.2) is 9.78 Å². The predicted octanol–water partition coefficient (Wildman–Crippen LogP) is 5.16. The summed E-state index contributed by atoms with van der Waals surface area (Å²) in [5, 5.41) is 3.00. The molecule has 0 aliphatic heterocycles. The number of amides is 1. The quantitative estimate of drug-likeness (QED) is 0.384. The highest BCUT2D eigenvalue weighted by Gasteiger charge is 2.18. The number of nitrogens with one attached hydrogen (secondary N) is 1. The maximum atomic E-state index is 12.2. The predicted molar refractivity (Wildman–Crippen MR) is 121 cm³/mol. The first-order valence-corrected chi connectivity index (χ1v) is 10.5. The summed E-state index contributed by atoms with van der Waals surface area (Å²) in [6.45, 7) is 6.40. The standard InChI is InChI=1S/C22H24Cl2N2O5/c1-4-10-30-18-8-6-15(11-19(18)29-5-2)7-9-20(27)31-14(3)22(28)26-21-17(24)12-16(23)13-25-21/h6-9,11-14H,4-5,10H2,1-3H3,(H,25,26,28)/b9-7+. The Labute approximate surface area is 191 Å². The molecule has 0 bridgehead atoms. The van der Waals surface area contributed by atoms with Gasteiger partial charge in [0.05, 0.1) is 23.3 Å². The average Bonchev–Trinajstić information content (AvgIpc) is 2.73. The molecule has 0 spiro atoms. The van der Waals surface area contributed by atoms with Crippen molar-refractivity contribution in [3.05, 3.63) is 52.1 Å². The van der Waals surface area contributed by atoms with E-state index in [2.05, 4.69) is 10.3 Å². The number of ether oxygens (including phenoxy) is 3. The van der Waals surface area contributed by atoms with Crippen LogP contribution in [-0.4, -0.2) is 36.2 Å². The molecule has 1 heterocycles. The minimum Gasteiger partial charge on any atom is -0.490 e. The van der Waals surface area contributed by atoms with E-state index in [4.69, 9.17) is 37.4 Å². The first-order valence-electron chi connectivity index (χ1n) is 9.74. The van der Waals surface area contributed by atoms with Gasteiger partial charge in [0.25, 0.3) is 5.91 Å². The molecule has 1 N–H and O–H groups in total. The lowest BCUT2D eigenvalue weighted by molar-refractivity contribution is -0.148. The summed E-state index contributed by atoms with van der Waals surface area (Å²) < 4.78 is 16.4. The molecule has 2 aromatic rings. The Morgan fingerprint density at radius 2 is 1.94 bits per heavy atom. The molecule has 0 fully saturated rings. The molecular formula is C22H24Cl2N2O5. The zero-order valence-electron chi connectivity index (χ0n) is 17.5. The fourth-order valence-corrected chi connectivity index (χ4v) is 2.81. The van der Waals surface area contributed by atoms with Gasteiger partial charge in [0.2, 0.25) is 0 Å². The van der Waals surface area contributed by atoms with Gasteiger partial charge in [-0.3, -0.25) is 4.79 Å². The van der Waals surface area contributed by atoms with Crippen molar-refractivity contribution in [2.24, 2.45) is 0 Å². The lowest BCUT2D eigenvalue weighted by Gasteiger charge is -2.13. The van der Waals surface area contributed by atoms with Crippen molar-refractivity contribution < 1.29 is 23.8 Å². The van der Waals surface area contributed by atoms with Crippen LogP contribution in [0.25, 0.3) is 6.08 Å². The number of pyridine rings is 1. The summed E-state index contributed by atoms with van der Waals surface area (Å²) in [4.78, 5) is 28.3. The van der Waals surface area contributed by atoms with E-state index in [-0.39, 0.29) is 10.8 Å². The number of rotatable bonds is 10. The smallest absolute Gasteiger partial charge is 0.331 e. The number of esters is 1. The van der Waals surface area contributed by atoms with E-state index in [1.807, 2.05) is 13.8 Å². The number of aromatic nitrogens is 1. The molecule has 7 nitrogen and oxygen atoms in total. The van der Waals surface area contributed by atoms with E-state index >= 15 is 0 Å². The summed E-state index contributed by atoms with van der Waals surface area (Å²) in [6, 6.07) is 6.79. The fourth-order valence-electron chi connectivity index (χ4n) is 2.38. The van der Waals surface area contributed by atoms with Crippen LogP contribution in [0.1, 0.15) is 32.8 Å². The van der Waals surface area contributed by atoms with E-state index in [0.717, 1.165) is 12.0 Å². The minimum atomic E-state index is -1.06. The van der Waals surface area contributed by atoms with Crippen molar-refractivity contribution in [1.82, 2.24) is 4.98 Å². The molecule has 1 amide bonds. The summed E-state index contributed by atoms with van der Waals surface area (Å²) in [7, 11) is 0. The molecule has 31 heavy (non-hydrogen) atoms. The highest BCUT2D eigenvalue weighted by molar-refractivity contribution is 6.36. The zero-order valence-corrected chi connectivity index (χ0v) is 19.0. The molecule has 0 aliphatic carbocycles. The number of carbonyl (C=O) groups is 2. The van der Waals surface area contributed by atoms with Crippen LogP contribution in [0.3, 0.4) is 0 Å². The second-order valence-electron chi connectivity index (χ2n) is 6.37. The van der Waals surface area contributed by atoms with Crippen molar-refractivity contribution in [3.63, 3.8) is 0 Å². The first kappa shape index (κ1) is 24.5. The number of halogens is 2. The van der Waals surface area contributed by atoms with Gasteiger partial charge in [0.1, 0.15) is 0 Å². The molecule has 0 saturated carbocycles. The number of hydrogen-bond acceptors (Lipinski definition) is 6. The minimum absolute atomic E-state index is 0.128. The van der Waals surface area contributed by atoms with Crippen LogP contribution in [0.2, 0.25) is 10.0 Å². The molecule has 1 unspecified atom stereocenters. The number of hydrogen-bond donors (Lipinski definition) is 1. The number of nitrogens with zero attached hydrogens (tertiary/aromatic N) is 1. The molecule has 0 radical (unpaired) electrons. The highest BCUT2D eigenvalue weighted by Crippen LogP contribution is 2.29. The Hall–Kier alpha value is -2.77. The van der Waals surface area contributed by atoms with Crippen LogP contribution in [0, 0.1) is 0 Å². The van der Waals surface area contributed by atoms with Gasteiger partial charge in [-0.05, 0) is 50.1 Å². The van der Waals surface area contributed by atoms with Gasteiger partial charge in [-0.1, -0.05) is 36.2 Å². The van der Waals surface area contributed by atoms with Gasteiger partial charge in [-0.15, -0.1) is 0 Å². The molecule has 1 aromatic heterocycles. The molecule has 9 heteroatoms. The van der Waals surface area contributed by atoms with E-state index in [1.165, 1.54) is 25.3 Å². The number of carbonyl (C=O) groups excluding carboxylic acids is 2. The largest absolute Gasteiger partial charge is 0.490 e. The van der Waals surface area contributed by atoms with Crippen LogP contribution < -0.4 is 14.8 Å². The Kier molecular flexibility index (Phi) is 9.62. The third kappa shape index (κ3) is 7.77. The van der Waals surface area contributed by atoms with Crippen molar-refractivity contribution in [1.29, 1.82) is 0 Å². The third-order valence-electron chi connectivity index (χ3n) is 3.85. The lowest BCUT2D eigenvalue weighted by atomic mass is 10.2. The summed E-state index contributed by atoms with van der Waals surface area (Å²) in [6.07, 6.45) is 3.96. The average molecular weight is 467 g/mol. The monoisotopic (exact) mass is 466 g/mol. The Morgan fingerprint density at radius 1 is 1.16 bits per heavy atom. The van der Waals surface area contributed by atoms with Crippen molar-refractivity contribution in [2.45, 2.75) is 33.3 Å². The second-order valence-corrected chi connectivity index (χ2v) is 7.22. The third-order valence-corrected chi connectivity index (χ3v) is 4.35.